The van der Waals surface area contributed by atoms with E-state index in [1.165, 1.54) is 0 Å². The second-order valence-electron chi connectivity index (χ2n) is 5.60. The van der Waals surface area contributed by atoms with Crippen molar-refractivity contribution in [2.45, 2.75) is 12.8 Å². The van der Waals surface area contributed by atoms with E-state index in [9.17, 15) is 26.3 Å². The minimum absolute atomic E-state index is 0.0933. The van der Waals surface area contributed by atoms with Gasteiger partial charge in [0.05, 0.1) is 5.56 Å². The van der Waals surface area contributed by atoms with E-state index in [1.54, 1.807) is 30.3 Å². The number of nitrogens with zero attached hydrogens (tertiary/aromatic N) is 1. The minimum atomic E-state index is -4.79. The SMILES string of the molecule is Fc1cc(C(F)(F)F)cnc1Oc1cc(F)c(OCc2ccccc2)c(F)c1. The molecule has 0 spiro atoms. The largest absolute Gasteiger partial charge is 0.483 e. The predicted octanol–water partition coefficient (Wildman–Crippen LogP) is 5.89. The van der Waals surface area contributed by atoms with Gasteiger partial charge in [-0.05, 0) is 11.6 Å². The van der Waals surface area contributed by atoms with Crippen molar-refractivity contribution in [3.05, 3.63) is 83.3 Å². The Hall–Kier alpha value is -3.23. The molecule has 9 heteroatoms. The van der Waals surface area contributed by atoms with Gasteiger partial charge in [-0.15, -0.1) is 0 Å². The average molecular weight is 399 g/mol. The van der Waals surface area contributed by atoms with Crippen molar-refractivity contribution in [3.63, 3.8) is 0 Å². The molecule has 0 saturated carbocycles. The molecule has 0 N–H and O–H groups in total. The highest BCUT2D eigenvalue weighted by atomic mass is 19.4. The third kappa shape index (κ3) is 4.54. The molecule has 2 aromatic carbocycles. The van der Waals surface area contributed by atoms with Crippen LogP contribution >= 0.6 is 0 Å². The van der Waals surface area contributed by atoms with Crippen LogP contribution in [0.4, 0.5) is 26.3 Å². The summed E-state index contributed by atoms with van der Waals surface area (Å²) in [5, 5.41) is 0. The summed E-state index contributed by atoms with van der Waals surface area (Å²) in [4.78, 5) is 3.20. The number of pyridine rings is 1. The van der Waals surface area contributed by atoms with Gasteiger partial charge in [-0.3, -0.25) is 0 Å². The number of hydrogen-bond acceptors (Lipinski definition) is 3. The lowest BCUT2D eigenvalue weighted by molar-refractivity contribution is -0.138. The van der Waals surface area contributed by atoms with E-state index in [1.807, 2.05) is 0 Å². The topological polar surface area (TPSA) is 31.4 Å². The predicted molar refractivity (Wildman–Crippen MR) is 86.4 cm³/mol. The summed E-state index contributed by atoms with van der Waals surface area (Å²) in [5.74, 6) is -5.70. The Morgan fingerprint density at radius 1 is 0.857 bits per heavy atom. The Labute approximate surface area is 155 Å². The van der Waals surface area contributed by atoms with E-state index in [0.29, 0.717) is 23.9 Å². The van der Waals surface area contributed by atoms with Crippen LogP contribution in [0.25, 0.3) is 0 Å². The number of aromatic nitrogens is 1. The first kappa shape index (κ1) is 19.5. The normalized spacial score (nSPS) is 11.4. The highest BCUT2D eigenvalue weighted by Crippen LogP contribution is 2.33. The molecule has 0 aliphatic heterocycles. The first-order valence-electron chi connectivity index (χ1n) is 7.80. The van der Waals surface area contributed by atoms with Crippen molar-refractivity contribution >= 4 is 0 Å². The third-order valence-electron chi connectivity index (χ3n) is 3.55. The van der Waals surface area contributed by atoms with Gasteiger partial charge in [0.25, 0.3) is 5.88 Å². The number of halogens is 6. The van der Waals surface area contributed by atoms with Gasteiger partial charge in [0.2, 0.25) is 0 Å². The van der Waals surface area contributed by atoms with Crippen molar-refractivity contribution in [3.8, 4) is 17.4 Å². The molecule has 3 nitrogen and oxygen atoms in total. The first-order chi connectivity index (χ1) is 13.2. The number of rotatable bonds is 5. The lowest BCUT2D eigenvalue weighted by Crippen LogP contribution is -2.07. The maximum atomic E-state index is 14.1. The van der Waals surface area contributed by atoms with Crippen molar-refractivity contribution in [2.24, 2.45) is 0 Å². The number of ether oxygens (including phenoxy) is 2. The molecule has 0 atom stereocenters. The van der Waals surface area contributed by atoms with Crippen LogP contribution in [0.15, 0.2) is 54.7 Å². The molecule has 0 amide bonds. The zero-order valence-corrected chi connectivity index (χ0v) is 13.9. The fourth-order valence-electron chi connectivity index (χ4n) is 2.23. The molecule has 28 heavy (non-hydrogen) atoms. The molecular formula is C19H11F6NO2. The molecule has 1 aromatic heterocycles. The van der Waals surface area contributed by atoms with Gasteiger partial charge in [-0.25, -0.2) is 18.2 Å². The van der Waals surface area contributed by atoms with Crippen molar-refractivity contribution in [2.75, 3.05) is 0 Å². The summed E-state index contributed by atoms with van der Waals surface area (Å²) in [6, 6.07) is 10.2. The van der Waals surface area contributed by atoms with Crippen LogP contribution < -0.4 is 9.47 Å². The Kier molecular flexibility index (Phi) is 5.43. The van der Waals surface area contributed by atoms with Gasteiger partial charge in [0.15, 0.2) is 23.2 Å². The molecule has 0 unspecified atom stereocenters. The number of alkyl halides is 3. The first-order valence-corrected chi connectivity index (χ1v) is 7.80. The Bertz CT molecular complexity index is 953. The van der Waals surface area contributed by atoms with Crippen molar-refractivity contribution < 1.29 is 35.8 Å². The van der Waals surface area contributed by atoms with Crippen LogP contribution in [0, 0.1) is 17.5 Å². The average Bonchev–Trinajstić information content (AvgIpc) is 2.63. The van der Waals surface area contributed by atoms with Gasteiger partial charge in [0.1, 0.15) is 12.4 Å². The van der Waals surface area contributed by atoms with Gasteiger partial charge < -0.3 is 9.47 Å². The van der Waals surface area contributed by atoms with E-state index < -0.39 is 46.6 Å². The Morgan fingerprint density at radius 2 is 1.50 bits per heavy atom. The molecule has 1 heterocycles. The highest BCUT2D eigenvalue weighted by Gasteiger charge is 2.32. The zero-order chi connectivity index (χ0) is 20.3. The smallest absolute Gasteiger partial charge is 0.417 e. The molecule has 0 saturated heterocycles. The van der Waals surface area contributed by atoms with E-state index in [2.05, 4.69) is 4.98 Å². The zero-order valence-electron chi connectivity index (χ0n) is 13.9. The summed E-state index contributed by atoms with van der Waals surface area (Å²) in [6.07, 6.45) is -4.44. The Morgan fingerprint density at radius 3 is 2.07 bits per heavy atom. The van der Waals surface area contributed by atoms with Gasteiger partial charge in [-0.2, -0.15) is 13.2 Å². The highest BCUT2D eigenvalue weighted by molar-refractivity contribution is 5.37. The molecule has 146 valence electrons. The quantitative estimate of drug-likeness (QED) is 0.502. The molecule has 3 rings (SSSR count). The molecule has 0 fully saturated rings. The summed E-state index contributed by atoms with van der Waals surface area (Å²) in [7, 11) is 0. The summed E-state index contributed by atoms with van der Waals surface area (Å²) in [6.45, 7) is -0.0933. The van der Waals surface area contributed by atoms with Crippen LogP contribution in [-0.4, -0.2) is 4.98 Å². The van der Waals surface area contributed by atoms with Crippen LogP contribution in [-0.2, 0) is 12.8 Å². The van der Waals surface area contributed by atoms with Crippen LogP contribution in [0.2, 0.25) is 0 Å². The molecular weight excluding hydrogens is 388 g/mol. The van der Waals surface area contributed by atoms with Crippen LogP contribution in [0.5, 0.6) is 17.4 Å². The fraction of sp³-hybridized carbons (Fsp3) is 0.105. The van der Waals surface area contributed by atoms with E-state index in [0.717, 1.165) is 0 Å². The van der Waals surface area contributed by atoms with E-state index in [4.69, 9.17) is 9.47 Å². The van der Waals surface area contributed by atoms with Gasteiger partial charge in [-0.1, -0.05) is 30.3 Å². The van der Waals surface area contributed by atoms with Crippen LogP contribution in [0.3, 0.4) is 0 Å². The molecule has 0 aliphatic carbocycles. The van der Waals surface area contributed by atoms with Gasteiger partial charge >= 0.3 is 6.18 Å². The maximum absolute atomic E-state index is 14.1. The second-order valence-corrected chi connectivity index (χ2v) is 5.60. The standard InChI is InChI=1S/C19H11F6NO2/c20-14-7-13(28-18-16(22)6-12(9-26-18)19(23,24)25)8-15(21)17(14)27-10-11-4-2-1-3-5-11/h1-9H,10H2. The Balaban J connectivity index is 1.77. The van der Waals surface area contributed by atoms with E-state index >= 15 is 0 Å². The monoisotopic (exact) mass is 399 g/mol. The molecule has 0 aliphatic rings. The fourth-order valence-corrected chi connectivity index (χ4v) is 2.23. The van der Waals surface area contributed by atoms with E-state index in [-0.39, 0.29) is 12.7 Å². The molecule has 0 radical (unpaired) electrons. The minimum Gasteiger partial charge on any atom is -0.483 e. The second kappa shape index (κ2) is 7.79. The summed E-state index contributed by atoms with van der Waals surface area (Å²) >= 11 is 0. The summed E-state index contributed by atoms with van der Waals surface area (Å²) in [5.41, 5.74) is -0.642. The lowest BCUT2D eigenvalue weighted by Gasteiger charge is -2.12. The molecule has 0 bridgehead atoms. The number of benzene rings is 2. The maximum Gasteiger partial charge on any atom is 0.417 e. The summed E-state index contributed by atoms with van der Waals surface area (Å²) < 4.78 is 89.5. The van der Waals surface area contributed by atoms with Crippen molar-refractivity contribution in [1.82, 2.24) is 4.98 Å². The lowest BCUT2D eigenvalue weighted by atomic mass is 10.2. The third-order valence-corrected chi connectivity index (χ3v) is 3.55. The number of hydrogen-bond donors (Lipinski definition) is 0. The van der Waals surface area contributed by atoms with Crippen LogP contribution in [0.1, 0.15) is 11.1 Å². The van der Waals surface area contributed by atoms with Gasteiger partial charge in [0, 0.05) is 18.3 Å². The van der Waals surface area contributed by atoms with Crippen molar-refractivity contribution in [1.29, 1.82) is 0 Å². The molecule has 3 aromatic rings.